The van der Waals surface area contributed by atoms with Crippen LogP contribution in [0.15, 0.2) is 47.0 Å². The molecule has 136 valence electrons. The number of rotatable bonds is 8. The molecule has 2 heterocycles. The van der Waals surface area contributed by atoms with E-state index in [1.165, 1.54) is 0 Å². The number of anilines is 3. The van der Waals surface area contributed by atoms with Crippen LogP contribution < -0.4 is 10.2 Å². The van der Waals surface area contributed by atoms with Crippen molar-refractivity contribution in [1.82, 2.24) is 15.1 Å². The Morgan fingerprint density at radius 1 is 1.00 bits per heavy atom. The van der Waals surface area contributed by atoms with Crippen molar-refractivity contribution >= 4 is 17.6 Å². The minimum atomic E-state index is 0.520. The van der Waals surface area contributed by atoms with Crippen molar-refractivity contribution in [3.8, 4) is 11.3 Å². The summed E-state index contributed by atoms with van der Waals surface area (Å²) in [5.74, 6) is 2.79. The molecule has 1 aromatic carbocycles. The third-order valence-corrected chi connectivity index (χ3v) is 3.96. The lowest BCUT2D eigenvalue weighted by Crippen LogP contribution is -2.26. The first kappa shape index (κ1) is 17.9. The molecule has 3 aromatic rings. The summed E-state index contributed by atoms with van der Waals surface area (Å²) in [5, 5.41) is 7.14. The van der Waals surface area contributed by atoms with Crippen molar-refractivity contribution in [2.75, 3.05) is 23.3 Å². The Labute approximate surface area is 154 Å². The van der Waals surface area contributed by atoms with Crippen LogP contribution in [-0.4, -0.2) is 28.2 Å². The van der Waals surface area contributed by atoms with Gasteiger partial charge in [0.25, 0.3) is 0 Å². The molecule has 2 aromatic heterocycles. The minimum absolute atomic E-state index is 0.520. The Morgan fingerprint density at radius 2 is 1.73 bits per heavy atom. The molecule has 0 atom stereocenters. The van der Waals surface area contributed by atoms with Gasteiger partial charge in [-0.25, -0.2) is 4.98 Å². The first-order valence-corrected chi connectivity index (χ1v) is 9.09. The maximum Gasteiger partial charge on any atom is 0.231 e. The Hall–Kier alpha value is -2.89. The van der Waals surface area contributed by atoms with Crippen LogP contribution in [-0.2, 0) is 0 Å². The summed E-state index contributed by atoms with van der Waals surface area (Å²) in [6, 6.07) is 14.0. The van der Waals surface area contributed by atoms with Crippen molar-refractivity contribution < 1.29 is 4.52 Å². The number of benzene rings is 1. The number of aryl methyl sites for hydroxylation is 1. The SMILES string of the molecule is CCCN(CCC)c1cc(-c2ccccc2)nc(Nc2cc(C)on2)n1. The molecule has 0 spiro atoms. The fraction of sp³-hybridized carbons (Fsp3) is 0.350. The molecule has 0 radical (unpaired) electrons. The summed E-state index contributed by atoms with van der Waals surface area (Å²) in [6.07, 6.45) is 2.13. The fourth-order valence-corrected chi connectivity index (χ4v) is 2.83. The first-order valence-electron chi connectivity index (χ1n) is 9.09. The summed E-state index contributed by atoms with van der Waals surface area (Å²) in [4.78, 5) is 11.7. The van der Waals surface area contributed by atoms with Crippen molar-refractivity contribution in [2.24, 2.45) is 0 Å². The Kier molecular flexibility index (Phi) is 5.84. The normalized spacial score (nSPS) is 10.7. The maximum atomic E-state index is 5.13. The van der Waals surface area contributed by atoms with E-state index in [4.69, 9.17) is 9.51 Å². The summed E-state index contributed by atoms with van der Waals surface area (Å²) in [7, 11) is 0. The van der Waals surface area contributed by atoms with Crippen molar-refractivity contribution in [3.05, 3.63) is 48.2 Å². The molecule has 0 aliphatic rings. The van der Waals surface area contributed by atoms with Crippen LogP contribution in [0.5, 0.6) is 0 Å². The van der Waals surface area contributed by atoms with E-state index in [-0.39, 0.29) is 0 Å². The van der Waals surface area contributed by atoms with Gasteiger partial charge >= 0.3 is 0 Å². The molecule has 0 fully saturated rings. The van der Waals surface area contributed by atoms with E-state index in [9.17, 15) is 0 Å². The summed E-state index contributed by atoms with van der Waals surface area (Å²) in [5.41, 5.74) is 1.94. The second kappa shape index (κ2) is 8.47. The molecule has 0 amide bonds. The number of nitrogens with zero attached hydrogens (tertiary/aromatic N) is 4. The molecule has 0 saturated carbocycles. The van der Waals surface area contributed by atoms with Crippen LogP contribution in [0.4, 0.5) is 17.6 Å². The van der Waals surface area contributed by atoms with E-state index in [1.54, 1.807) is 0 Å². The summed E-state index contributed by atoms with van der Waals surface area (Å²) < 4.78 is 5.13. The van der Waals surface area contributed by atoms with E-state index in [0.717, 1.165) is 48.8 Å². The van der Waals surface area contributed by atoms with Crippen molar-refractivity contribution in [3.63, 3.8) is 0 Å². The van der Waals surface area contributed by atoms with E-state index >= 15 is 0 Å². The van der Waals surface area contributed by atoms with E-state index < -0.39 is 0 Å². The monoisotopic (exact) mass is 351 g/mol. The van der Waals surface area contributed by atoms with Crippen LogP contribution >= 0.6 is 0 Å². The van der Waals surface area contributed by atoms with Gasteiger partial charge < -0.3 is 14.7 Å². The van der Waals surface area contributed by atoms with E-state index in [2.05, 4.69) is 52.4 Å². The molecule has 1 N–H and O–H groups in total. The van der Waals surface area contributed by atoms with Gasteiger partial charge in [-0.15, -0.1) is 0 Å². The highest BCUT2D eigenvalue weighted by atomic mass is 16.5. The van der Waals surface area contributed by atoms with Crippen molar-refractivity contribution in [1.29, 1.82) is 0 Å². The lowest BCUT2D eigenvalue weighted by molar-refractivity contribution is 0.400. The Bertz CT molecular complexity index is 825. The largest absolute Gasteiger partial charge is 0.360 e. The van der Waals surface area contributed by atoms with E-state index in [0.29, 0.717) is 11.8 Å². The summed E-state index contributed by atoms with van der Waals surface area (Å²) >= 11 is 0. The van der Waals surface area contributed by atoms with Gasteiger partial charge in [0.1, 0.15) is 11.6 Å². The van der Waals surface area contributed by atoms with Crippen LogP contribution in [0.1, 0.15) is 32.4 Å². The first-order chi connectivity index (χ1) is 12.7. The zero-order chi connectivity index (χ0) is 18.4. The Balaban J connectivity index is 2.00. The van der Waals surface area contributed by atoms with Gasteiger partial charge in [0.15, 0.2) is 5.82 Å². The molecule has 6 nitrogen and oxygen atoms in total. The van der Waals surface area contributed by atoms with Gasteiger partial charge in [-0.05, 0) is 19.8 Å². The molecule has 0 aliphatic carbocycles. The Morgan fingerprint density at radius 3 is 2.35 bits per heavy atom. The number of hydrogen-bond acceptors (Lipinski definition) is 6. The van der Waals surface area contributed by atoms with Gasteiger partial charge in [0, 0.05) is 30.8 Å². The zero-order valence-corrected chi connectivity index (χ0v) is 15.6. The van der Waals surface area contributed by atoms with Gasteiger partial charge in [0.05, 0.1) is 5.69 Å². The molecule has 6 heteroatoms. The highest BCUT2D eigenvalue weighted by molar-refractivity contribution is 5.66. The topological polar surface area (TPSA) is 67.1 Å². The molecular weight excluding hydrogens is 326 g/mol. The number of aromatic nitrogens is 3. The molecule has 3 rings (SSSR count). The molecule has 0 saturated heterocycles. The van der Waals surface area contributed by atoms with Gasteiger partial charge in [-0.2, -0.15) is 4.98 Å². The average molecular weight is 351 g/mol. The number of hydrogen-bond donors (Lipinski definition) is 1. The smallest absolute Gasteiger partial charge is 0.231 e. The molecular formula is C20H25N5O. The van der Waals surface area contributed by atoms with E-state index in [1.807, 2.05) is 31.2 Å². The predicted molar refractivity (Wildman–Crippen MR) is 105 cm³/mol. The quantitative estimate of drug-likeness (QED) is 0.628. The second-order valence-electron chi connectivity index (χ2n) is 6.24. The fourth-order valence-electron chi connectivity index (χ4n) is 2.83. The highest BCUT2D eigenvalue weighted by Crippen LogP contribution is 2.25. The predicted octanol–water partition coefficient (Wildman–Crippen LogP) is 4.81. The van der Waals surface area contributed by atoms with Gasteiger partial charge in [0.2, 0.25) is 5.95 Å². The molecule has 0 bridgehead atoms. The maximum absolute atomic E-state index is 5.13. The lowest BCUT2D eigenvalue weighted by atomic mass is 10.1. The van der Waals surface area contributed by atoms with Crippen LogP contribution in [0.25, 0.3) is 11.3 Å². The lowest BCUT2D eigenvalue weighted by Gasteiger charge is -2.23. The number of nitrogens with one attached hydrogen (secondary N) is 1. The van der Waals surface area contributed by atoms with Crippen LogP contribution in [0.3, 0.4) is 0 Å². The second-order valence-corrected chi connectivity index (χ2v) is 6.24. The van der Waals surface area contributed by atoms with Crippen molar-refractivity contribution in [2.45, 2.75) is 33.6 Å². The van der Waals surface area contributed by atoms with Gasteiger partial charge in [-0.1, -0.05) is 49.3 Å². The average Bonchev–Trinajstić information content (AvgIpc) is 3.06. The standard InChI is InChI=1S/C20H25N5O/c1-4-11-25(12-5-2)19-14-17(16-9-7-6-8-10-16)21-20(23-19)22-18-13-15(3)26-24-18/h6-10,13-14H,4-5,11-12H2,1-3H3,(H,21,22,23,24). The third-order valence-electron chi connectivity index (χ3n) is 3.96. The van der Waals surface area contributed by atoms with Gasteiger partial charge in [-0.3, -0.25) is 0 Å². The summed E-state index contributed by atoms with van der Waals surface area (Å²) in [6.45, 7) is 8.14. The third kappa shape index (κ3) is 4.39. The highest BCUT2D eigenvalue weighted by Gasteiger charge is 2.13. The molecule has 26 heavy (non-hydrogen) atoms. The molecule has 0 aliphatic heterocycles. The van der Waals surface area contributed by atoms with Crippen LogP contribution in [0.2, 0.25) is 0 Å². The minimum Gasteiger partial charge on any atom is -0.360 e. The zero-order valence-electron chi connectivity index (χ0n) is 15.6. The van der Waals surface area contributed by atoms with Crippen LogP contribution in [0, 0.1) is 6.92 Å². The molecule has 0 unspecified atom stereocenters.